The average Bonchev–Trinajstić information content (AvgIpc) is 2.38. The van der Waals surface area contributed by atoms with Crippen LogP contribution in [-0.2, 0) is 4.74 Å². The van der Waals surface area contributed by atoms with Crippen molar-refractivity contribution >= 4 is 17.7 Å². The monoisotopic (exact) mass is 266 g/mol. The van der Waals surface area contributed by atoms with E-state index in [1.54, 1.807) is 11.8 Å². The van der Waals surface area contributed by atoms with Crippen LogP contribution in [0.5, 0.6) is 0 Å². The van der Waals surface area contributed by atoms with Crippen molar-refractivity contribution in [3.63, 3.8) is 0 Å². The second kappa shape index (κ2) is 7.47. The molecule has 0 saturated heterocycles. The van der Waals surface area contributed by atoms with Gasteiger partial charge < -0.3 is 4.74 Å². The van der Waals surface area contributed by atoms with Gasteiger partial charge >= 0.3 is 5.97 Å². The van der Waals surface area contributed by atoms with Gasteiger partial charge in [0.25, 0.3) is 0 Å². The summed E-state index contributed by atoms with van der Waals surface area (Å²) in [5.41, 5.74) is 0.683. The lowest BCUT2D eigenvalue weighted by molar-refractivity contribution is 0.0330. The Balaban J connectivity index is 2.84. The molecule has 0 heterocycles. The van der Waals surface area contributed by atoms with E-state index in [-0.39, 0.29) is 12.1 Å². The first-order chi connectivity index (χ1) is 8.58. The van der Waals surface area contributed by atoms with E-state index < -0.39 is 0 Å². The molecule has 2 nitrogen and oxygen atoms in total. The zero-order chi connectivity index (χ0) is 13.5. The van der Waals surface area contributed by atoms with Crippen molar-refractivity contribution in [3.05, 3.63) is 29.8 Å². The molecule has 3 heteroatoms. The van der Waals surface area contributed by atoms with Gasteiger partial charge in [-0.2, -0.15) is 0 Å². The zero-order valence-corrected chi connectivity index (χ0v) is 12.4. The van der Waals surface area contributed by atoms with Crippen molar-refractivity contribution in [2.75, 3.05) is 0 Å². The van der Waals surface area contributed by atoms with Gasteiger partial charge in [-0.15, -0.1) is 11.8 Å². The zero-order valence-electron chi connectivity index (χ0n) is 11.6. The fraction of sp³-hybridized carbons (Fsp3) is 0.533. The van der Waals surface area contributed by atoms with Crippen LogP contribution < -0.4 is 0 Å². The van der Waals surface area contributed by atoms with Crippen LogP contribution in [0.4, 0.5) is 0 Å². The largest absolute Gasteiger partial charge is 0.459 e. The third-order valence-electron chi connectivity index (χ3n) is 2.89. The maximum Gasteiger partial charge on any atom is 0.339 e. The van der Waals surface area contributed by atoms with Crippen molar-refractivity contribution in [2.45, 2.75) is 56.8 Å². The van der Waals surface area contributed by atoms with Crippen molar-refractivity contribution in [1.82, 2.24) is 0 Å². The van der Waals surface area contributed by atoms with E-state index in [4.69, 9.17) is 4.74 Å². The van der Waals surface area contributed by atoms with E-state index in [0.717, 1.165) is 17.7 Å². The topological polar surface area (TPSA) is 26.3 Å². The molecular weight excluding hydrogens is 244 g/mol. The smallest absolute Gasteiger partial charge is 0.339 e. The highest BCUT2D eigenvalue weighted by molar-refractivity contribution is 8.00. The third-order valence-corrected chi connectivity index (χ3v) is 4.24. The molecule has 0 amide bonds. The molecule has 0 aliphatic heterocycles. The predicted octanol–water partition coefficient (Wildman–Crippen LogP) is 4.53. The van der Waals surface area contributed by atoms with Crippen molar-refractivity contribution in [1.29, 1.82) is 0 Å². The molecule has 0 saturated carbocycles. The van der Waals surface area contributed by atoms with Crippen LogP contribution in [0, 0.1) is 0 Å². The first-order valence-corrected chi connectivity index (χ1v) is 7.43. The number of carbonyl (C=O) groups excluding carboxylic acids is 1. The molecule has 0 N–H and O–H groups in total. The highest BCUT2D eigenvalue weighted by atomic mass is 32.2. The van der Waals surface area contributed by atoms with Gasteiger partial charge in [0.1, 0.15) is 0 Å². The molecule has 0 radical (unpaired) electrons. The molecule has 0 aliphatic carbocycles. The summed E-state index contributed by atoms with van der Waals surface area (Å²) in [5, 5.41) is 0.502. The molecule has 0 bridgehead atoms. The number of hydrogen-bond acceptors (Lipinski definition) is 3. The lowest BCUT2D eigenvalue weighted by Crippen LogP contribution is -2.15. The Bertz CT molecular complexity index is 390. The summed E-state index contributed by atoms with van der Waals surface area (Å²) >= 11 is 1.73. The van der Waals surface area contributed by atoms with E-state index in [0.29, 0.717) is 10.8 Å². The standard InChI is InChI=1S/C15H22O2S/c1-5-11(3)17-15(16)13-9-7-8-10-14(13)18-12(4)6-2/h7-12H,5-6H2,1-4H3. The quantitative estimate of drug-likeness (QED) is 0.559. The normalized spacial score (nSPS) is 14.0. The Labute approximate surface area is 114 Å². The molecule has 0 aliphatic rings. The van der Waals surface area contributed by atoms with Crippen LogP contribution >= 0.6 is 11.8 Å². The van der Waals surface area contributed by atoms with Gasteiger partial charge in [0.2, 0.25) is 0 Å². The van der Waals surface area contributed by atoms with Gasteiger partial charge in [-0.1, -0.05) is 32.9 Å². The van der Waals surface area contributed by atoms with Crippen LogP contribution in [0.1, 0.15) is 50.9 Å². The molecule has 0 aromatic heterocycles. The van der Waals surface area contributed by atoms with E-state index >= 15 is 0 Å². The molecule has 2 unspecified atom stereocenters. The number of esters is 1. The fourth-order valence-electron chi connectivity index (χ4n) is 1.37. The Morgan fingerprint density at radius 1 is 1.22 bits per heavy atom. The summed E-state index contributed by atoms with van der Waals surface area (Å²) in [6, 6.07) is 7.68. The average molecular weight is 266 g/mol. The van der Waals surface area contributed by atoms with Gasteiger partial charge in [-0.3, -0.25) is 0 Å². The minimum Gasteiger partial charge on any atom is -0.459 e. The SMILES string of the molecule is CCC(C)OC(=O)c1ccccc1SC(C)CC. The molecule has 0 spiro atoms. The highest BCUT2D eigenvalue weighted by Gasteiger charge is 2.16. The van der Waals surface area contributed by atoms with Crippen molar-refractivity contribution in [2.24, 2.45) is 0 Å². The highest BCUT2D eigenvalue weighted by Crippen LogP contribution is 2.28. The summed E-state index contributed by atoms with van der Waals surface area (Å²) in [6.45, 7) is 8.25. The number of rotatable bonds is 6. The predicted molar refractivity (Wildman–Crippen MR) is 77.2 cm³/mol. The molecule has 1 aromatic carbocycles. The van der Waals surface area contributed by atoms with Crippen molar-refractivity contribution < 1.29 is 9.53 Å². The summed E-state index contributed by atoms with van der Waals surface area (Å²) < 4.78 is 5.39. The van der Waals surface area contributed by atoms with Gasteiger partial charge in [0, 0.05) is 10.1 Å². The van der Waals surface area contributed by atoms with Crippen LogP contribution in [-0.4, -0.2) is 17.3 Å². The number of carbonyl (C=O) groups is 1. The first-order valence-electron chi connectivity index (χ1n) is 6.55. The van der Waals surface area contributed by atoms with Crippen molar-refractivity contribution in [3.8, 4) is 0 Å². The van der Waals surface area contributed by atoms with Gasteiger partial charge in [-0.05, 0) is 31.9 Å². The lowest BCUT2D eigenvalue weighted by atomic mass is 10.2. The molecule has 1 rings (SSSR count). The number of ether oxygens (including phenoxy) is 1. The Morgan fingerprint density at radius 2 is 1.89 bits per heavy atom. The number of benzene rings is 1. The Kier molecular flexibility index (Phi) is 6.27. The van der Waals surface area contributed by atoms with Crippen LogP contribution in [0.3, 0.4) is 0 Å². The molecule has 1 aromatic rings. The third kappa shape index (κ3) is 4.37. The van der Waals surface area contributed by atoms with Gasteiger partial charge in [-0.25, -0.2) is 4.79 Å². The summed E-state index contributed by atoms with van der Waals surface area (Å²) in [6.07, 6.45) is 1.89. The molecule has 100 valence electrons. The van der Waals surface area contributed by atoms with E-state index in [9.17, 15) is 4.79 Å². The lowest BCUT2D eigenvalue weighted by Gasteiger charge is -2.15. The van der Waals surface area contributed by atoms with Crippen LogP contribution in [0.15, 0.2) is 29.2 Å². The molecular formula is C15H22O2S. The molecule has 2 atom stereocenters. The van der Waals surface area contributed by atoms with Gasteiger partial charge in [0.05, 0.1) is 11.7 Å². The van der Waals surface area contributed by atoms with E-state index in [1.165, 1.54) is 0 Å². The minimum absolute atomic E-state index is 0.0286. The second-order valence-electron chi connectivity index (χ2n) is 4.46. The maximum atomic E-state index is 12.1. The fourth-order valence-corrected chi connectivity index (χ4v) is 2.40. The number of thioether (sulfide) groups is 1. The van der Waals surface area contributed by atoms with E-state index in [2.05, 4.69) is 13.8 Å². The summed E-state index contributed by atoms with van der Waals surface area (Å²) in [5.74, 6) is -0.212. The minimum atomic E-state index is -0.212. The first kappa shape index (κ1) is 15.1. The molecule has 18 heavy (non-hydrogen) atoms. The van der Waals surface area contributed by atoms with Gasteiger partial charge in [0.15, 0.2) is 0 Å². The van der Waals surface area contributed by atoms with Crippen LogP contribution in [0.25, 0.3) is 0 Å². The Morgan fingerprint density at radius 3 is 2.50 bits per heavy atom. The summed E-state index contributed by atoms with van der Waals surface area (Å²) in [4.78, 5) is 13.1. The van der Waals surface area contributed by atoms with Crippen LogP contribution in [0.2, 0.25) is 0 Å². The summed E-state index contributed by atoms with van der Waals surface area (Å²) in [7, 11) is 0. The maximum absolute atomic E-state index is 12.1. The number of hydrogen-bond donors (Lipinski definition) is 0. The van der Waals surface area contributed by atoms with E-state index in [1.807, 2.05) is 38.1 Å². The second-order valence-corrected chi connectivity index (χ2v) is 5.94. The Hall–Kier alpha value is -0.960. The molecule has 0 fully saturated rings.